The molecule has 0 aromatic heterocycles. The van der Waals surface area contributed by atoms with E-state index in [2.05, 4.69) is 27.9 Å². The average molecular weight is 356 g/mol. The molecule has 1 fully saturated rings. The summed E-state index contributed by atoms with van der Waals surface area (Å²) in [5.41, 5.74) is 0.718. The lowest BCUT2D eigenvalue weighted by Crippen LogP contribution is -2.42. The lowest BCUT2D eigenvalue weighted by atomic mass is 10.2. The molecule has 1 aromatic carbocycles. The van der Waals surface area contributed by atoms with Crippen molar-refractivity contribution >= 4 is 28.0 Å². The lowest BCUT2D eigenvalue weighted by Gasteiger charge is -2.30. The van der Waals surface area contributed by atoms with E-state index in [4.69, 9.17) is 14.6 Å². The number of benzene rings is 1. The molecule has 1 N–H and O–H groups in total. The van der Waals surface area contributed by atoms with Crippen LogP contribution in [0.25, 0.3) is 6.08 Å². The maximum atomic E-state index is 10.6. The van der Waals surface area contributed by atoms with Gasteiger partial charge in [0.2, 0.25) is 0 Å². The third-order valence-corrected chi connectivity index (χ3v) is 3.78. The summed E-state index contributed by atoms with van der Waals surface area (Å²) in [6.45, 7) is 2.88. The van der Waals surface area contributed by atoms with Gasteiger partial charge in [-0.1, -0.05) is 12.1 Å². The number of morpholine rings is 1. The second-order valence-electron chi connectivity index (χ2n) is 4.90. The number of carboxylic acid groups (broad SMARTS) is 1. The Balaban J connectivity index is 2.06. The highest BCUT2D eigenvalue weighted by Crippen LogP contribution is 2.30. The van der Waals surface area contributed by atoms with Gasteiger partial charge in [0.25, 0.3) is 0 Å². The second-order valence-corrected chi connectivity index (χ2v) is 5.75. The first-order valence-corrected chi connectivity index (χ1v) is 7.48. The number of nitrogens with zero attached hydrogens (tertiary/aromatic N) is 1. The number of ether oxygens (including phenoxy) is 2. The van der Waals surface area contributed by atoms with E-state index in [-0.39, 0.29) is 6.10 Å². The third kappa shape index (κ3) is 4.84. The lowest BCUT2D eigenvalue weighted by molar-refractivity contribution is -0.131. The number of hydrogen-bond acceptors (Lipinski definition) is 4. The molecule has 0 aliphatic carbocycles. The molecule has 0 bridgehead atoms. The standard InChI is InChI=1S/C15H18BrNO4/c1-17-7-8-20-12(9-17)10-21-15-11(5-6-14(18)19)3-2-4-13(15)16/h2-6,12H,7-10H2,1H3,(H,18,19). The average Bonchev–Trinajstić information content (AvgIpc) is 2.44. The molecule has 0 amide bonds. The molecule has 0 radical (unpaired) electrons. The first-order valence-electron chi connectivity index (χ1n) is 6.68. The summed E-state index contributed by atoms with van der Waals surface area (Å²) >= 11 is 3.43. The highest BCUT2D eigenvalue weighted by molar-refractivity contribution is 9.10. The van der Waals surface area contributed by atoms with E-state index in [0.717, 1.165) is 29.2 Å². The van der Waals surface area contributed by atoms with Crippen molar-refractivity contribution in [1.82, 2.24) is 4.90 Å². The van der Waals surface area contributed by atoms with Crippen LogP contribution in [0.3, 0.4) is 0 Å². The minimum atomic E-state index is -0.988. The fourth-order valence-corrected chi connectivity index (χ4v) is 2.61. The molecule has 1 saturated heterocycles. The fourth-order valence-electron chi connectivity index (χ4n) is 2.11. The van der Waals surface area contributed by atoms with Crippen molar-refractivity contribution in [2.75, 3.05) is 33.4 Å². The molecule has 6 heteroatoms. The van der Waals surface area contributed by atoms with E-state index in [1.54, 1.807) is 0 Å². The van der Waals surface area contributed by atoms with Crippen LogP contribution < -0.4 is 4.74 Å². The van der Waals surface area contributed by atoms with Gasteiger partial charge in [-0.3, -0.25) is 0 Å². The number of para-hydroxylation sites is 1. The maximum Gasteiger partial charge on any atom is 0.328 e. The summed E-state index contributed by atoms with van der Waals surface area (Å²) in [5, 5.41) is 8.73. The first-order chi connectivity index (χ1) is 10.1. The SMILES string of the molecule is CN1CCOC(COc2c(Br)cccc2C=CC(=O)O)C1. The second kappa shape index (κ2) is 7.59. The van der Waals surface area contributed by atoms with E-state index >= 15 is 0 Å². The molecule has 114 valence electrons. The normalized spacial score (nSPS) is 19.8. The Morgan fingerprint density at radius 1 is 1.62 bits per heavy atom. The van der Waals surface area contributed by atoms with Crippen LogP contribution in [0.2, 0.25) is 0 Å². The topological polar surface area (TPSA) is 59.0 Å². The Morgan fingerprint density at radius 3 is 3.14 bits per heavy atom. The zero-order valence-electron chi connectivity index (χ0n) is 11.8. The molecular formula is C15H18BrNO4. The Hall–Kier alpha value is -1.37. The highest BCUT2D eigenvalue weighted by atomic mass is 79.9. The van der Waals surface area contributed by atoms with Gasteiger partial charge in [0.05, 0.1) is 11.1 Å². The van der Waals surface area contributed by atoms with Crippen molar-refractivity contribution in [3.8, 4) is 5.75 Å². The fraction of sp³-hybridized carbons (Fsp3) is 0.400. The molecule has 1 unspecified atom stereocenters. The molecule has 1 aromatic rings. The van der Waals surface area contributed by atoms with Crippen molar-refractivity contribution in [2.24, 2.45) is 0 Å². The maximum absolute atomic E-state index is 10.6. The van der Waals surface area contributed by atoms with Crippen LogP contribution in [-0.4, -0.2) is 55.4 Å². The number of hydrogen-bond donors (Lipinski definition) is 1. The van der Waals surface area contributed by atoms with Crippen molar-refractivity contribution in [3.05, 3.63) is 34.3 Å². The predicted octanol–water partition coefficient (Wildman–Crippen LogP) is 2.26. The van der Waals surface area contributed by atoms with Crippen LogP contribution in [0.15, 0.2) is 28.7 Å². The van der Waals surface area contributed by atoms with Crippen LogP contribution in [0, 0.1) is 0 Å². The molecule has 21 heavy (non-hydrogen) atoms. The van der Waals surface area contributed by atoms with Gasteiger partial charge in [-0.15, -0.1) is 0 Å². The Labute approximate surface area is 132 Å². The van der Waals surface area contributed by atoms with Crippen LogP contribution in [0.1, 0.15) is 5.56 Å². The number of likely N-dealkylation sites (N-methyl/N-ethyl adjacent to an activating group) is 1. The molecule has 1 atom stereocenters. The van der Waals surface area contributed by atoms with E-state index in [0.29, 0.717) is 19.0 Å². The minimum absolute atomic E-state index is 0.0205. The Bertz CT molecular complexity index is 532. The zero-order chi connectivity index (χ0) is 15.2. The number of rotatable bonds is 5. The number of aliphatic carboxylic acids is 1. The molecule has 2 rings (SSSR count). The quantitative estimate of drug-likeness (QED) is 0.821. The van der Waals surface area contributed by atoms with Gasteiger partial charge in [0.15, 0.2) is 0 Å². The highest BCUT2D eigenvalue weighted by Gasteiger charge is 2.19. The van der Waals surface area contributed by atoms with Crippen LogP contribution >= 0.6 is 15.9 Å². The van der Waals surface area contributed by atoms with Crippen molar-refractivity contribution in [1.29, 1.82) is 0 Å². The summed E-state index contributed by atoms with van der Waals surface area (Å²) in [6.07, 6.45) is 2.64. The molecule has 0 saturated carbocycles. The van der Waals surface area contributed by atoms with Gasteiger partial charge in [-0.05, 0) is 35.1 Å². The molecule has 1 heterocycles. The summed E-state index contributed by atoms with van der Waals surface area (Å²) in [6, 6.07) is 5.51. The summed E-state index contributed by atoms with van der Waals surface area (Å²) in [5.74, 6) is -0.356. The zero-order valence-corrected chi connectivity index (χ0v) is 13.4. The van der Waals surface area contributed by atoms with Gasteiger partial charge < -0.3 is 19.5 Å². The first kappa shape index (κ1) is 16.0. The van der Waals surface area contributed by atoms with Crippen molar-refractivity contribution in [2.45, 2.75) is 6.10 Å². The van der Waals surface area contributed by atoms with Crippen LogP contribution in [-0.2, 0) is 9.53 Å². The number of carbonyl (C=O) groups is 1. The van der Waals surface area contributed by atoms with Gasteiger partial charge in [0.1, 0.15) is 18.5 Å². The Kier molecular flexibility index (Phi) is 5.78. The van der Waals surface area contributed by atoms with E-state index < -0.39 is 5.97 Å². The predicted molar refractivity (Wildman–Crippen MR) is 83.5 cm³/mol. The van der Waals surface area contributed by atoms with Crippen molar-refractivity contribution < 1.29 is 19.4 Å². The van der Waals surface area contributed by atoms with Gasteiger partial charge in [0, 0.05) is 24.7 Å². The molecular weight excluding hydrogens is 338 g/mol. The smallest absolute Gasteiger partial charge is 0.328 e. The van der Waals surface area contributed by atoms with E-state index in [9.17, 15) is 4.79 Å². The van der Waals surface area contributed by atoms with Gasteiger partial charge >= 0.3 is 5.97 Å². The largest absolute Gasteiger partial charge is 0.489 e. The monoisotopic (exact) mass is 355 g/mol. The molecule has 0 spiro atoms. The number of halogens is 1. The van der Waals surface area contributed by atoms with Crippen LogP contribution in [0.5, 0.6) is 5.75 Å². The third-order valence-electron chi connectivity index (χ3n) is 3.16. The molecule has 1 aliphatic rings. The molecule has 5 nitrogen and oxygen atoms in total. The van der Waals surface area contributed by atoms with Crippen molar-refractivity contribution in [3.63, 3.8) is 0 Å². The summed E-state index contributed by atoms with van der Waals surface area (Å²) < 4.78 is 12.3. The van der Waals surface area contributed by atoms with E-state index in [1.165, 1.54) is 6.08 Å². The van der Waals surface area contributed by atoms with Gasteiger partial charge in [-0.2, -0.15) is 0 Å². The summed E-state index contributed by atoms with van der Waals surface area (Å²) in [4.78, 5) is 12.8. The van der Waals surface area contributed by atoms with Gasteiger partial charge in [-0.25, -0.2) is 4.79 Å². The van der Waals surface area contributed by atoms with E-state index in [1.807, 2.05) is 18.2 Å². The summed E-state index contributed by atoms with van der Waals surface area (Å²) in [7, 11) is 2.05. The Morgan fingerprint density at radius 2 is 2.43 bits per heavy atom. The minimum Gasteiger partial charge on any atom is -0.489 e. The number of carboxylic acids is 1. The molecule has 1 aliphatic heterocycles. The van der Waals surface area contributed by atoms with Crippen LogP contribution in [0.4, 0.5) is 0 Å².